The number of carbonyl (C=O) groups is 3. The van der Waals surface area contributed by atoms with E-state index >= 15 is 0 Å². The van der Waals surface area contributed by atoms with Crippen LogP contribution in [-0.2, 0) is 9.59 Å². The largest absolute Gasteiger partial charge is 0.348 e. The summed E-state index contributed by atoms with van der Waals surface area (Å²) in [5.74, 6) is -0.770. The second kappa shape index (κ2) is 6.20. The maximum Gasteiger partial charge on any atom is 0.325 e. The maximum atomic E-state index is 12.3. The minimum atomic E-state index is -0.971. The number of amides is 4. The van der Waals surface area contributed by atoms with Crippen molar-refractivity contribution in [3.63, 3.8) is 0 Å². The van der Waals surface area contributed by atoms with Crippen molar-refractivity contribution in [2.24, 2.45) is 0 Å². The van der Waals surface area contributed by atoms with Crippen LogP contribution in [0, 0.1) is 0 Å². The molecular formula is C19H21N3O3. The molecule has 0 bridgehead atoms. The minimum absolute atomic E-state index is 0.231. The van der Waals surface area contributed by atoms with Gasteiger partial charge in [0, 0.05) is 0 Å². The zero-order valence-electron chi connectivity index (χ0n) is 14.5. The number of hydrogen-bond acceptors (Lipinski definition) is 3. The molecule has 0 saturated carbocycles. The number of nitrogens with zero attached hydrogens (tertiary/aromatic N) is 1. The molecule has 2 aromatic carbocycles. The SMILES string of the molecule is C[C@@H](NC(=O)CN1C(=O)NC(C)(C)C1=O)c1ccc2ccccc2c1. The van der Waals surface area contributed by atoms with Crippen molar-refractivity contribution in [2.45, 2.75) is 32.4 Å². The van der Waals surface area contributed by atoms with Crippen LogP contribution in [-0.4, -0.2) is 34.8 Å². The van der Waals surface area contributed by atoms with Gasteiger partial charge in [-0.1, -0.05) is 36.4 Å². The van der Waals surface area contributed by atoms with E-state index in [0.717, 1.165) is 21.2 Å². The van der Waals surface area contributed by atoms with E-state index in [0.29, 0.717) is 0 Å². The van der Waals surface area contributed by atoms with Crippen LogP contribution in [0.4, 0.5) is 4.79 Å². The number of hydrogen-bond donors (Lipinski definition) is 2. The smallest absolute Gasteiger partial charge is 0.325 e. The van der Waals surface area contributed by atoms with Gasteiger partial charge in [0.1, 0.15) is 12.1 Å². The number of urea groups is 1. The highest BCUT2D eigenvalue weighted by Crippen LogP contribution is 2.21. The van der Waals surface area contributed by atoms with Crippen LogP contribution in [0.1, 0.15) is 32.4 Å². The zero-order valence-corrected chi connectivity index (χ0v) is 14.5. The number of benzene rings is 2. The zero-order chi connectivity index (χ0) is 18.2. The Hall–Kier alpha value is -2.89. The summed E-state index contributed by atoms with van der Waals surface area (Å²) in [6.45, 7) is 4.82. The highest BCUT2D eigenvalue weighted by Gasteiger charge is 2.44. The number of imide groups is 1. The highest BCUT2D eigenvalue weighted by atomic mass is 16.2. The third-order valence-corrected chi connectivity index (χ3v) is 4.40. The molecule has 25 heavy (non-hydrogen) atoms. The van der Waals surface area contributed by atoms with Crippen LogP contribution < -0.4 is 10.6 Å². The third kappa shape index (κ3) is 3.33. The summed E-state index contributed by atoms with van der Waals surface area (Å²) in [4.78, 5) is 37.2. The van der Waals surface area contributed by atoms with Crippen LogP contribution in [0.25, 0.3) is 10.8 Å². The molecule has 1 aliphatic heterocycles. The van der Waals surface area contributed by atoms with Crippen molar-refractivity contribution in [1.82, 2.24) is 15.5 Å². The molecule has 3 rings (SSSR count). The molecule has 1 aliphatic rings. The summed E-state index contributed by atoms with van der Waals surface area (Å²) in [5, 5.41) is 7.63. The minimum Gasteiger partial charge on any atom is -0.348 e. The first-order valence-electron chi connectivity index (χ1n) is 8.20. The Morgan fingerprint density at radius 1 is 1.16 bits per heavy atom. The predicted octanol–water partition coefficient (Wildman–Crippen LogP) is 2.35. The van der Waals surface area contributed by atoms with Gasteiger partial charge in [0.2, 0.25) is 5.91 Å². The van der Waals surface area contributed by atoms with Crippen LogP contribution in [0.15, 0.2) is 42.5 Å². The number of fused-ring (bicyclic) bond motifs is 1. The quantitative estimate of drug-likeness (QED) is 0.839. The molecule has 1 fully saturated rings. The Bertz CT molecular complexity index is 860. The molecule has 0 unspecified atom stereocenters. The van der Waals surface area contributed by atoms with Gasteiger partial charge in [-0.15, -0.1) is 0 Å². The predicted molar refractivity (Wildman–Crippen MR) is 94.8 cm³/mol. The molecule has 0 spiro atoms. The second-order valence-electron chi connectivity index (χ2n) is 6.84. The number of carbonyl (C=O) groups excluding carboxylic acids is 3. The van der Waals surface area contributed by atoms with E-state index in [1.807, 2.05) is 49.4 Å². The van der Waals surface area contributed by atoms with Gasteiger partial charge in [-0.3, -0.25) is 14.5 Å². The van der Waals surface area contributed by atoms with Gasteiger partial charge in [0.15, 0.2) is 0 Å². The molecule has 0 radical (unpaired) electrons. The first-order valence-corrected chi connectivity index (χ1v) is 8.20. The van der Waals surface area contributed by atoms with Crippen LogP contribution >= 0.6 is 0 Å². The van der Waals surface area contributed by atoms with E-state index in [1.165, 1.54) is 0 Å². The second-order valence-corrected chi connectivity index (χ2v) is 6.84. The van der Waals surface area contributed by atoms with Crippen LogP contribution in [0.3, 0.4) is 0 Å². The third-order valence-electron chi connectivity index (χ3n) is 4.40. The van der Waals surface area contributed by atoms with E-state index < -0.39 is 17.5 Å². The van der Waals surface area contributed by atoms with Crippen LogP contribution in [0.5, 0.6) is 0 Å². The molecule has 0 aromatic heterocycles. The van der Waals surface area contributed by atoms with E-state index in [2.05, 4.69) is 10.6 Å². The van der Waals surface area contributed by atoms with Crippen molar-refractivity contribution >= 4 is 28.6 Å². The van der Waals surface area contributed by atoms with E-state index in [1.54, 1.807) is 13.8 Å². The Morgan fingerprint density at radius 3 is 2.48 bits per heavy atom. The van der Waals surface area contributed by atoms with Gasteiger partial charge in [0.25, 0.3) is 5.91 Å². The van der Waals surface area contributed by atoms with Crippen molar-refractivity contribution < 1.29 is 14.4 Å². The van der Waals surface area contributed by atoms with Crippen LogP contribution in [0.2, 0.25) is 0 Å². The lowest BCUT2D eigenvalue weighted by Gasteiger charge is -2.18. The molecule has 1 atom stereocenters. The highest BCUT2D eigenvalue weighted by molar-refractivity contribution is 6.08. The maximum absolute atomic E-state index is 12.3. The Morgan fingerprint density at radius 2 is 1.84 bits per heavy atom. The molecule has 2 N–H and O–H groups in total. The lowest BCUT2D eigenvalue weighted by atomic mass is 10.0. The number of rotatable bonds is 4. The van der Waals surface area contributed by atoms with E-state index in [4.69, 9.17) is 0 Å². The fourth-order valence-corrected chi connectivity index (χ4v) is 2.95. The first kappa shape index (κ1) is 17.0. The molecule has 130 valence electrons. The molecule has 1 saturated heterocycles. The summed E-state index contributed by atoms with van der Waals surface area (Å²) in [7, 11) is 0. The fourth-order valence-electron chi connectivity index (χ4n) is 2.95. The summed E-state index contributed by atoms with van der Waals surface area (Å²) >= 11 is 0. The average Bonchev–Trinajstić information content (AvgIpc) is 2.76. The summed E-state index contributed by atoms with van der Waals surface area (Å²) in [6, 6.07) is 13.2. The number of nitrogens with one attached hydrogen (secondary N) is 2. The summed E-state index contributed by atoms with van der Waals surface area (Å²) in [6.07, 6.45) is 0. The molecular weight excluding hydrogens is 318 g/mol. The Kier molecular flexibility index (Phi) is 4.20. The lowest BCUT2D eigenvalue weighted by molar-refractivity contribution is -0.134. The lowest BCUT2D eigenvalue weighted by Crippen LogP contribution is -2.43. The van der Waals surface area contributed by atoms with Gasteiger partial charge in [-0.2, -0.15) is 0 Å². The monoisotopic (exact) mass is 339 g/mol. The van der Waals surface area contributed by atoms with E-state index in [-0.39, 0.29) is 18.5 Å². The molecule has 0 aliphatic carbocycles. The Labute approximate surface area is 146 Å². The topological polar surface area (TPSA) is 78.5 Å². The van der Waals surface area contributed by atoms with Gasteiger partial charge >= 0.3 is 6.03 Å². The standard InChI is InChI=1S/C19H21N3O3/c1-12(14-9-8-13-6-4-5-7-15(13)10-14)20-16(23)11-22-17(24)19(2,3)21-18(22)25/h4-10,12H,11H2,1-3H3,(H,20,23)(H,21,25)/t12-/m1/s1. The first-order chi connectivity index (χ1) is 11.8. The van der Waals surface area contributed by atoms with Gasteiger partial charge < -0.3 is 10.6 Å². The Balaban J connectivity index is 1.68. The summed E-state index contributed by atoms with van der Waals surface area (Å²) < 4.78 is 0. The van der Waals surface area contributed by atoms with Crippen molar-refractivity contribution in [1.29, 1.82) is 0 Å². The van der Waals surface area contributed by atoms with Crippen molar-refractivity contribution in [2.75, 3.05) is 6.54 Å². The normalized spacial score (nSPS) is 17.5. The van der Waals surface area contributed by atoms with Gasteiger partial charge in [0.05, 0.1) is 6.04 Å². The molecule has 6 nitrogen and oxygen atoms in total. The molecule has 2 aromatic rings. The molecule has 4 amide bonds. The van der Waals surface area contributed by atoms with Gasteiger partial charge in [-0.25, -0.2) is 4.79 Å². The fraction of sp³-hybridized carbons (Fsp3) is 0.316. The molecule has 1 heterocycles. The van der Waals surface area contributed by atoms with Gasteiger partial charge in [-0.05, 0) is 43.2 Å². The van der Waals surface area contributed by atoms with E-state index in [9.17, 15) is 14.4 Å². The van der Waals surface area contributed by atoms with Crippen molar-refractivity contribution in [3.05, 3.63) is 48.0 Å². The van der Waals surface area contributed by atoms with Crippen molar-refractivity contribution in [3.8, 4) is 0 Å². The average molecular weight is 339 g/mol. The molecule has 6 heteroatoms. The summed E-state index contributed by atoms with van der Waals surface area (Å²) in [5.41, 5.74) is -0.00833.